The third-order valence-electron chi connectivity index (χ3n) is 4.51. The minimum absolute atomic E-state index is 0.669. The molecule has 1 aromatic carbocycles. The van der Waals surface area contributed by atoms with Crippen molar-refractivity contribution < 1.29 is 0 Å². The summed E-state index contributed by atoms with van der Waals surface area (Å²) in [5, 5.41) is 0. The number of hydrogen-bond acceptors (Lipinski definition) is 0. The van der Waals surface area contributed by atoms with Crippen LogP contribution in [0.3, 0.4) is 0 Å². The topological polar surface area (TPSA) is 0 Å². The van der Waals surface area contributed by atoms with Gasteiger partial charge in [-0.1, -0.05) is 44.2 Å². The lowest BCUT2D eigenvalue weighted by Gasteiger charge is -2.25. The largest absolute Gasteiger partial charge is 0.0836 e. The molecule has 18 heavy (non-hydrogen) atoms. The van der Waals surface area contributed by atoms with Crippen LogP contribution in [0.4, 0.5) is 0 Å². The Bertz CT molecular complexity index is 517. The van der Waals surface area contributed by atoms with Crippen molar-refractivity contribution >= 4 is 12.2 Å². The maximum Gasteiger partial charge on any atom is -0.0187 e. The lowest BCUT2D eigenvalue weighted by atomic mass is 9.79. The van der Waals surface area contributed by atoms with Crippen LogP contribution in [0.1, 0.15) is 66.8 Å². The lowest BCUT2D eigenvalue weighted by Crippen LogP contribution is -2.10. The summed E-state index contributed by atoms with van der Waals surface area (Å²) >= 11 is 0. The molecule has 0 saturated carbocycles. The van der Waals surface area contributed by atoms with E-state index in [0.29, 0.717) is 5.92 Å². The van der Waals surface area contributed by atoms with E-state index in [1.54, 1.807) is 22.3 Å². The van der Waals surface area contributed by atoms with Crippen LogP contribution in [0.15, 0.2) is 18.2 Å². The van der Waals surface area contributed by atoms with Crippen molar-refractivity contribution in [3.63, 3.8) is 0 Å². The highest BCUT2D eigenvalue weighted by Crippen LogP contribution is 2.36. The van der Waals surface area contributed by atoms with Crippen molar-refractivity contribution in [2.75, 3.05) is 0 Å². The highest BCUT2D eigenvalue weighted by molar-refractivity contribution is 5.70. The molecule has 1 unspecified atom stereocenters. The zero-order valence-corrected chi connectivity index (χ0v) is 11.5. The average Bonchev–Trinajstić information content (AvgIpc) is 2.45. The first-order valence-electron chi connectivity index (χ1n) is 7.33. The van der Waals surface area contributed by atoms with Gasteiger partial charge in [0.05, 0.1) is 0 Å². The Labute approximate surface area is 110 Å². The SMILES string of the molecule is CCC(C)c1cc2c(c3c1C=CCC3)CCC=C2. The van der Waals surface area contributed by atoms with Crippen LogP contribution in [-0.2, 0) is 12.8 Å². The molecule has 0 spiro atoms. The number of fused-ring (bicyclic) bond motifs is 3. The van der Waals surface area contributed by atoms with E-state index in [0.717, 1.165) is 0 Å². The maximum atomic E-state index is 2.45. The molecule has 0 radical (unpaired) electrons. The third kappa shape index (κ3) is 1.84. The van der Waals surface area contributed by atoms with E-state index in [9.17, 15) is 0 Å². The van der Waals surface area contributed by atoms with Crippen LogP contribution in [0.25, 0.3) is 12.2 Å². The molecular weight excluding hydrogens is 216 g/mol. The van der Waals surface area contributed by atoms with Crippen LogP contribution in [0, 0.1) is 0 Å². The molecule has 94 valence electrons. The van der Waals surface area contributed by atoms with Crippen molar-refractivity contribution in [1.29, 1.82) is 0 Å². The van der Waals surface area contributed by atoms with Gasteiger partial charge < -0.3 is 0 Å². The second kappa shape index (κ2) is 4.76. The van der Waals surface area contributed by atoms with Gasteiger partial charge in [-0.15, -0.1) is 0 Å². The molecule has 0 heterocycles. The maximum absolute atomic E-state index is 2.45. The van der Waals surface area contributed by atoms with E-state index in [4.69, 9.17) is 0 Å². The van der Waals surface area contributed by atoms with Gasteiger partial charge in [0.25, 0.3) is 0 Å². The average molecular weight is 238 g/mol. The van der Waals surface area contributed by atoms with Crippen molar-refractivity contribution in [1.82, 2.24) is 0 Å². The van der Waals surface area contributed by atoms with Crippen LogP contribution in [0.5, 0.6) is 0 Å². The Kier molecular flexibility index (Phi) is 3.11. The first-order chi connectivity index (χ1) is 8.81. The molecule has 0 aliphatic heterocycles. The fourth-order valence-electron chi connectivity index (χ4n) is 3.26. The Hall–Kier alpha value is -1.30. The van der Waals surface area contributed by atoms with Crippen LogP contribution >= 0.6 is 0 Å². The second-order valence-corrected chi connectivity index (χ2v) is 5.62. The predicted molar refractivity (Wildman–Crippen MR) is 79.9 cm³/mol. The summed E-state index contributed by atoms with van der Waals surface area (Å²) in [7, 11) is 0. The molecule has 3 rings (SSSR count). The molecule has 1 atom stereocenters. The Morgan fingerprint density at radius 2 is 1.78 bits per heavy atom. The van der Waals surface area contributed by atoms with Gasteiger partial charge in [-0.05, 0) is 65.8 Å². The first kappa shape index (κ1) is 11.8. The standard InChI is InChI=1S/C18H22/c1-3-13(2)18-12-14-8-4-5-9-15(14)16-10-6-7-11-17(16)18/h4,7-8,11-13H,3,5-6,9-10H2,1-2H3. The van der Waals surface area contributed by atoms with Crippen LogP contribution in [-0.4, -0.2) is 0 Å². The van der Waals surface area contributed by atoms with E-state index in [2.05, 4.69) is 44.2 Å². The quantitative estimate of drug-likeness (QED) is 0.671. The molecule has 2 aliphatic carbocycles. The first-order valence-corrected chi connectivity index (χ1v) is 7.33. The van der Waals surface area contributed by atoms with Gasteiger partial charge in [-0.2, -0.15) is 0 Å². The van der Waals surface area contributed by atoms with Gasteiger partial charge in [0.2, 0.25) is 0 Å². The summed E-state index contributed by atoms with van der Waals surface area (Å²) < 4.78 is 0. The van der Waals surface area contributed by atoms with Gasteiger partial charge in [0.1, 0.15) is 0 Å². The normalized spacial score (nSPS) is 18.3. The van der Waals surface area contributed by atoms with E-state index in [1.807, 2.05) is 0 Å². The van der Waals surface area contributed by atoms with Crippen LogP contribution in [0.2, 0.25) is 0 Å². The Balaban J connectivity index is 2.23. The van der Waals surface area contributed by atoms with Gasteiger partial charge in [0, 0.05) is 0 Å². The summed E-state index contributed by atoms with van der Waals surface area (Å²) in [5.41, 5.74) is 7.88. The number of allylic oxidation sites excluding steroid dienone is 2. The number of hydrogen-bond donors (Lipinski definition) is 0. The van der Waals surface area contributed by atoms with Crippen LogP contribution < -0.4 is 0 Å². The molecule has 0 saturated heterocycles. The second-order valence-electron chi connectivity index (χ2n) is 5.62. The van der Waals surface area contributed by atoms with Crippen molar-refractivity contribution in [3.05, 3.63) is 46.0 Å². The van der Waals surface area contributed by atoms with Gasteiger partial charge in [0.15, 0.2) is 0 Å². The zero-order chi connectivity index (χ0) is 12.5. The summed E-state index contributed by atoms with van der Waals surface area (Å²) in [6, 6.07) is 2.45. The van der Waals surface area contributed by atoms with Gasteiger partial charge in [-0.3, -0.25) is 0 Å². The van der Waals surface area contributed by atoms with E-state index >= 15 is 0 Å². The molecule has 0 aromatic heterocycles. The van der Waals surface area contributed by atoms with E-state index in [-0.39, 0.29) is 0 Å². The molecular formula is C18H22. The minimum atomic E-state index is 0.669. The molecule has 2 aliphatic rings. The predicted octanol–water partition coefficient (Wildman–Crippen LogP) is 5.12. The highest BCUT2D eigenvalue weighted by atomic mass is 14.2. The van der Waals surface area contributed by atoms with E-state index < -0.39 is 0 Å². The highest BCUT2D eigenvalue weighted by Gasteiger charge is 2.20. The fraction of sp³-hybridized carbons (Fsp3) is 0.444. The molecule has 0 N–H and O–H groups in total. The smallest absolute Gasteiger partial charge is 0.0187 e. The Morgan fingerprint density at radius 3 is 2.56 bits per heavy atom. The molecule has 0 heteroatoms. The van der Waals surface area contributed by atoms with Crippen molar-refractivity contribution in [2.24, 2.45) is 0 Å². The van der Waals surface area contributed by atoms with E-state index in [1.165, 1.54) is 37.7 Å². The number of rotatable bonds is 2. The fourth-order valence-corrected chi connectivity index (χ4v) is 3.26. The zero-order valence-electron chi connectivity index (χ0n) is 11.5. The minimum Gasteiger partial charge on any atom is -0.0836 e. The van der Waals surface area contributed by atoms with Crippen molar-refractivity contribution in [2.45, 2.75) is 51.9 Å². The molecule has 0 amide bonds. The molecule has 0 fully saturated rings. The summed E-state index contributed by atoms with van der Waals surface area (Å²) in [6.07, 6.45) is 15.5. The summed E-state index contributed by atoms with van der Waals surface area (Å²) in [5.74, 6) is 0.669. The monoisotopic (exact) mass is 238 g/mol. The Morgan fingerprint density at radius 1 is 1.06 bits per heavy atom. The van der Waals surface area contributed by atoms with Gasteiger partial charge >= 0.3 is 0 Å². The lowest BCUT2D eigenvalue weighted by molar-refractivity contribution is 0.726. The molecule has 0 nitrogen and oxygen atoms in total. The van der Waals surface area contributed by atoms with Gasteiger partial charge in [-0.25, -0.2) is 0 Å². The summed E-state index contributed by atoms with van der Waals surface area (Å²) in [4.78, 5) is 0. The molecule has 1 aromatic rings. The summed E-state index contributed by atoms with van der Waals surface area (Å²) in [6.45, 7) is 4.65. The number of benzene rings is 1. The third-order valence-corrected chi connectivity index (χ3v) is 4.51. The molecule has 0 bridgehead atoms. The van der Waals surface area contributed by atoms with Crippen molar-refractivity contribution in [3.8, 4) is 0 Å².